The van der Waals surface area contributed by atoms with Crippen LogP contribution >= 0.6 is 22.9 Å². The Morgan fingerprint density at radius 1 is 1.04 bits per heavy atom. The maximum Gasteiger partial charge on any atom is 0.270 e. The van der Waals surface area contributed by atoms with Crippen molar-refractivity contribution in [3.05, 3.63) is 69.7 Å². The van der Waals surface area contributed by atoms with E-state index in [1.54, 1.807) is 11.9 Å². The molecule has 3 nitrogen and oxygen atoms in total. The van der Waals surface area contributed by atoms with Crippen molar-refractivity contribution in [2.24, 2.45) is 0 Å². The predicted octanol–water partition coefficient (Wildman–Crippen LogP) is 5.36. The first kappa shape index (κ1) is 16.7. The summed E-state index contributed by atoms with van der Waals surface area (Å²) >= 11 is 7.34. The Morgan fingerprint density at radius 3 is 2.29 bits per heavy atom. The number of thiazole rings is 1. The zero-order valence-electron chi connectivity index (χ0n) is 13.7. The molecule has 0 aliphatic carbocycles. The van der Waals surface area contributed by atoms with Gasteiger partial charge in [-0.2, -0.15) is 0 Å². The molecule has 0 radical (unpaired) electrons. The van der Waals surface area contributed by atoms with Gasteiger partial charge in [-0.1, -0.05) is 41.4 Å². The van der Waals surface area contributed by atoms with E-state index < -0.39 is 0 Å². The van der Waals surface area contributed by atoms with Crippen molar-refractivity contribution in [1.29, 1.82) is 0 Å². The summed E-state index contributed by atoms with van der Waals surface area (Å²) in [4.78, 5) is 19.7. The number of hydrogen-bond donors (Lipinski definition) is 0. The van der Waals surface area contributed by atoms with Crippen LogP contribution < -0.4 is 4.90 Å². The summed E-state index contributed by atoms with van der Waals surface area (Å²) in [6.07, 6.45) is 0. The molecule has 5 heteroatoms. The molecule has 0 aliphatic heterocycles. The zero-order chi connectivity index (χ0) is 17.3. The van der Waals surface area contributed by atoms with Crippen LogP contribution in [0.15, 0.2) is 48.5 Å². The number of carbonyl (C=O) groups is 1. The summed E-state index contributed by atoms with van der Waals surface area (Å²) in [7, 11) is 1.79. The minimum absolute atomic E-state index is 0.0472. The van der Waals surface area contributed by atoms with Crippen LogP contribution in [0.1, 0.15) is 20.9 Å². The molecule has 2 aromatic carbocycles. The maximum absolute atomic E-state index is 12.8. The van der Waals surface area contributed by atoms with Crippen LogP contribution in [0, 0.1) is 13.8 Å². The zero-order valence-corrected chi connectivity index (χ0v) is 15.3. The van der Waals surface area contributed by atoms with Crippen molar-refractivity contribution >= 4 is 34.5 Å². The number of halogens is 1. The Kier molecular flexibility index (Phi) is 4.69. The molecule has 0 atom stereocenters. The van der Waals surface area contributed by atoms with E-state index >= 15 is 0 Å². The molecular formula is C19H17ClN2OS. The highest BCUT2D eigenvalue weighted by atomic mass is 35.5. The molecule has 0 bridgehead atoms. The fourth-order valence-electron chi connectivity index (χ4n) is 2.35. The van der Waals surface area contributed by atoms with Crippen molar-refractivity contribution in [3.8, 4) is 10.6 Å². The third kappa shape index (κ3) is 3.35. The second kappa shape index (κ2) is 6.75. The Hall–Kier alpha value is -2.17. The average Bonchev–Trinajstić information content (AvgIpc) is 2.96. The lowest BCUT2D eigenvalue weighted by atomic mass is 10.2. The van der Waals surface area contributed by atoms with Gasteiger partial charge in [0.25, 0.3) is 5.91 Å². The van der Waals surface area contributed by atoms with E-state index in [2.05, 4.69) is 4.98 Å². The van der Waals surface area contributed by atoms with Crippen LogP contribution in [-0.4, -0.2) is 17.9 Å². The number of benzene rings is 2. The summed E-state index contributed by atoms with van der Waals surface area (Å²) in [6, 6.07) is 15.4. The molecule has 0 spiro atoms. The van der Waals surface area contributed by atoms with Crippen molar-refractivity contribution in [2.75, 3.05) is 11.9 Å². The lowest BCUT2D eigenvalue weighted by Crippen LogP contribution is -2.25. The summed E-state index contributed by atoms with van der Waals surface area (Å²) in [5.41, 5.74) is 3.74. The molecule has 0 saturated heterocycles. The van der Waals surface area contributed by atoms with Crippen LogP contribution in [-0.2, 0) is 0 Å². The van der Waals surface area contributed by atoms with E-state index in [1.807, 2.05) is 62.4 Å². The van der Waals surface area contributed by atoms with Crippen LogP contribution in [0.25, 0.3) is 10.6 Å². The minimum atomic E-state index is -0.0472. The topological polar surface area (TPSA) is 33.2 Å². The van der Waals surface area contributed by atoms with Crippen LogP contribution in [0.5, 0.6) is 0 Å². The highest BCUT2D eigenvalue weighted by molar-refractivity contribution is 7.17. The van der Waals surface area contributed by atoms with Crippen LogP contribution in [0.3, 0.4) is 0 Å². The van der Waals surface area contributed by atoms with Crippen molar-refractivity contribution in [1.82, 2.24) is 4.98 Å². The quantitative estimate of drug-likeness (QED) is 0.633. The van der Waals surface area contributed by atoms with Gasteiger partial charge in [-0.05, 0) is 38.1 Å². The van der Waals surface area contributed by atoms with Gasteiger partial charge in [0, 0.05) is 23.3 Å². The monoisotopic (exact) mass is 356 g/mol. The Morgan fingerprint density at radius 2 is 1.67 bits per heavy atom. The first-order valence-electron chi connectivity index (χ1n) is 7.54. The normalized spacial score (nSPS) is 10.7. The molecule has 3 aromatic rings. The highest BCUT2D eigenvalue weighted by Crippen LogP contribution is 2.30. The number of nitrogens with zero attached hydrogens (tertiary/aromatic N) is 2. The largest absolute Gasteiger partial charge is 0.311 e. The molecule has 0 saturated carbocycles. The van der Waals surface area contributed by atoms with Gasteiger partial charge in [0.2, 0.25) is 0 Å². The predicted molar refractivity (Wildman–Crippen MR) is 101 cm³/mol. The van der Waals surface area contributed by atoms with E-state index in [1.165, 1.54) is 16.9 Å². The highest BCUT2D eigenvalue weighted by Gasteiger charge is 2.20. The van der Waals surface area contributed by atoms with Gasteiger partial charge in [-0.3, -0.25) is 4.79 Å². The van der Waals surface area contributed by atoms with Gasteiger partial charge in [0.05, 0.1) is 5.69 Å². The number of aromatic nitrogens is 1. The molecule has 0 aliphatic rings. The summed E-state index contributed by atoms with van der Waals surface area (Å²) in [6.45, 7) is 3.89. The van der Waals surface area contributed by atoms with E-state index in [0.29, 0.717) is 9.90 Å². The van der Waals surface area contributed by atoms with Gasteiger partial charge >= 0.3 is 0 Å². The van der Waals surface area contributed by atoms with Gasteiger partial charge < -0.3 is 4.90 Å². The minimum Gasteiger partial charge on any atom is -0.311 e. The van der Waals surface area contributed by atoms with Gasteiger partial charge in [0.1, 0.15) is 9.88 Å². The number of amides is 1. The molecule has 0 unspecified atom stereocenters. The summed E-state index contributed by atoms with van der Waals surface area (Å²) < 4.78 is 0. The summed E-state index contributed by atoms with van der Waals surface area (Å²) in [5, 5.41) is 1.51. The third-order valence-corrected chi connectivity index (χ3v) is 5.25. The molecular weight excluding hydrogens is 340 g/mol. The van der Waals surface area contributed by atoms with Crippen LogP contribution in [0.4, 0.5) is 5.69 Å². The number of anilines is 1. The SMILES string of the molecule is Cc1ccc(N(C)C(=O)c2sc(-c3ccc(Cl)cc3)nc2C)cc1. The third-order valence-electron chi connectivity index (χ3n) is 3.81. The average molecular weight is 357 g/mol. The molecule has 1 aromatic heterocycles. The Labute approximate surface area is 150 Å². The second-order valence-electron chi connectivity index (χ2n) is 5.64. The molecule has 24 heavy (non-hydrogen) atoms. The van der Waals surface area contributed by atoms with Crippen molar-refractivity contribution in [3.63, 3.8) is 0 Å². The lowest BCUT2D eigenvalue weighted by Gasteiger charge is -2.16. The molecule has 3 rings (SSSR count). The van der Waals surface area contributed by atoms with E-state index in [-0.39, 0.29) is 5.91 Å². The van der Waals surface area contributed by atoms with E-state index in [0.717, 1.165) is 22.0 Å². The van der Waals surface area contributed by atoms with E-state index in [9.17, 15) is 4.79 Å². The second-order valence-corrected chi connectivity index (χ2v) is 7.08. The van der Waals surface area contributed by atoms with E-state index in [4.69, 9.17) is 11.6 Å². The van der Waals surface area contributed by atoms with Gasteiger partial charge in [-0.25, -0.2) is 4.98 Å². The molecule has 1 amide bonds. The van der Waals surface area contributed by atoms with Gasteiger partial charge in [0.15, 0.2) is 0 Å². The first-order valence-corrected chi connectivity index (χ1v) is 8.73. The summed E-state index contributed by atoms with van der Waals surface area (Å²) in [5.74, 6) is -0.0472. The van der Waals surface area contributed by atoms with Gasteiger partial charge in [-0.15, -0.1) is 11.3 Å². The first-order chi connectivity index (χ1) is 11.5. The number of rotatable bonds is 3. The number of carbonyl (C=O) groups excluding carboxylic acids is 1. The standard InChI is InChI=1S/C19H17ClN2OS/c1-12-4-10-16(11-5-12)22(3)19(23)17-13(2)21-18(24-17)14-6-8-15(20)9-7-14/h4-11H,1-3H3. The smallest absolute Gasteiger partial charge is 0.270 e. The lowest BCUT2D eigenvalue weighted by molar-refractivity contribution is 0.0996. The van der Waals surface area contributed by atoms with Crippen LogP contribution in [0.2, 0.25) is 5.02 Å². The molecule has 0 fully saturated rings. The number of hydrogen-bond acceptors (Lipinski definition) is 3. The van der Waals surface area contributed by atoms with Crippen molar-refractivity contribution in [2.45, 2.75) is 13.8 Å². The molecule has 122 valence electrons. The molecule has 1 heterocycles. The fourth-order valence-corrected chi connectivity index (χ4v) is 3.52. The fraction of sp³-hybridized carbons (Fsp3) is 0.158. The maximum atomic E-state index is 12.8. The number of aryl methyl sites for hydroxylation is 2. The van der Waals surface area contributed by atoms with Crippen molar-refractivity contribution < 1.29 is 4.79 Å². The molecule has 0 N–H and O–H groups in total. The Balaban J connectivity index is 1.90. The Bertz CT molecular complexity index is 869.